The maximum atomic E-state index is 12.6. The molecule has 0 saturated carbocycles. The summed E-state index contributed by atoms with van der Waals surface area (Å²) in [5.74, 6) is 0. The lowest BCUT2D eigenvalue weighted by Gasteiger charge is -2.23. The number of hydrogen-bond donors (Lipinski definition) is 2. The summed E-state index contributed by atoms with van der Waals surface area (Å²) in [6, 6.07) is 23.7. The van der Waals surface area contributed by atoms with Crippen molar-refractivity contribution in [3.63, 3.8) is 0 Å². The lowest BCUT2D eigenvalue weighted by Crippen LogP contribution is -2.48. The molecule has 2 unspecified atom stereocenters. The predicted molar refractivity (Wildman–Crippen MR) is 121 cm³/mol. The molecule has 0 radical (unpaired) electrons. The molecule has 0 aliphatic carbocycles. The number of oxime groups is 1. The van der Waals surface area contributed by atoms with Crippen LogP contribution in [0, 0.1) is 0 Å². The molecule has 0 fully saturated rings. The van der Waals surface area contributed by atoms with Crippen LogP contribution in [0.15, 0.2) is 90.3 Å². The number of carbonyl (C=O) groups excluding carboxylic acids is 1. The normalized spacial score (nSPS) is 16.1. The molecule has 0 bridgehead atoms. The molecule has 0 spiro atoms. The second kappa shape index (κ2) is 10.4. The van der Waals surface area contributed by atoms with Crippen LogP contribution >= 0.6 is 0 Å². The summed E-state index contributed by atoms with van der Waals surface area (Å²) < 4.78 is 0. The zero-order chi connectivity index (χ0) is 21.3. The SMILES string of the molecule is O=C(NCc1ccncc1)NC(Cc1ccccc1)C1CC(Cc2ccccc2)=NO1. The molecule has 2 N–H and O–H groups in total. The van der Waals surface area contributed by atoms with Crippen LogP contribution in [0.4, 0.5) is 4.79 Å². The molecule has 1 aliphatic heterocycles. The highest BCUT2D eigenvalue weighted by molar-refractivity contribution is 5.87. The summed E-state index contributed by atoms with van der Waals surface area (Å²) >= 11 is 0. The van der Waals surface area contributed by atoms with Crippen molar-refractivity contribution in [2.45, 2.75) is 38.0 Å². The second-order valence-electron chi connectivity index (χ2n) is 7.65. The van der Waals surface area contributed by atoms with Crippen molar-refractivity contribution >= 4 is 11.7 Å². The van der Waals surface area contributed by atoms with E-state index >= 15 is 0 Å². The van der Waals surface area contributed by atoms with Crippen LogP contribution in [0.25, 0.3) is 0 Å². The monoisotopic (exact) mass is 414 g/mol. The number of amides is 2. The average Bonchev–Trinajstić information content (AvgIpc) is 3.28. The van der Waals surface area contributed by atoms with Gasteiger partial charge in [-0.25, -0.2) is 4.79 Å². The van der Waals surface area contributed by atoms with Gasteiger partial charge in [0, 0.05) is 31.8 Å². The number of nitrogens with zero attached hydrogens (tertiary/aromatic N) is 2. The molecule has 6 heteroatoms. The Labute approximate surface area is 182 Å². The minimum atomic E-state index is -0.224. The van der Waals surface area contributed by atoms with Gasteiger partial charge < -0.3 is 15.5 Å². The van der Waals surface area contributed by atoms with Crippen molar-refractivity contribution in [2.75, 3.05) is 0 Å². The van der Waals surface area contributed by atoms with E-state index in [1.165, 1.54) is 5.56 Å². The van der Waals surface area contributed by atoms with E-state index in [9.17, 15) is 4.79 Å². The number of benzene rings is 2. The van der Waals surface area contributed by atoms with Crippen LogP contribution in [-0.4, -0.2) is 28.9 Å². The van der Waals surface area contributed by atoms with Crippen LogP contribution in [0.2, 0.25) is 0 Å². The summed E-state index contributed by atoms with van der Waals surface area (Å²) in [6.07, 6.45) is 5.34. The van der Waals surface area contributed by atoms with E-state index < -0.39 is 0 Å². The average molecular weight is 415 g/mol. The fraction of sp³-hybridized carbons (Fsp3) is 0.240. The fourth-order valence-electron chi connectivity index (χ4n) is 3.65. The third-order valence-electron chi connectivity index (χ3n) is 5.27. The van der Waals surface area contributed by atoms with Crippen LogP contribution in [-0.2, 0) is 24.2 Å². The van der Waals surface area contributed by atoms with Crippen molar-refractivity contribution < 1.29 is 9.63 Å². The van der Waals surface area contributed by atoms with Gasteiger partial charge in [0.15, 0.2) is 6.10 Å². The highest BCUT2D eigenvalue weighted by Gasteiger charge is 2.31. The number of rotatable bonds is 8. The van der Waals surface area contributed by atoms with Crippen LogP contribution in [0.5, 0.6) is 0 Å². The van der Waals surface area contributed by atoms with Gasteiger partial charge in [0.2, 0.25) is 0 Å². The van der Waals surface area contributed by atoms with Crippen LogP contribution in [0.1, 0.15) is 23.1 Å². The molecule has 1 aromatic heterocycles. The van der Waals surface area contributed by atoms with E-state index in [0.29, 0.717) is 19.4 Å². The Bertz CT molecular complexity index is 994. The smallest absolute Gasteiger partial charge is 0.315 e. The van der Waals surface area contributed by atoms with Crippen molar-refractivity contribution in [3.05, 3.63) is 102 Å². The molecule has 31 heavy (non-hydrogen) atoms. The van der Waals surface area contributed by atoms with Gasteiger partial charge >= 0.3 is 6.03 Å². The lowest BCUT2D eigenvalue weighted by atomic mass is 9.96. The van der Waals surface area contributed by atoms with Gasteiger partial charge in [0.25, 0.3) is 0 Å². The number of nitrogens with one attached hydrogen (secondary N) is 2. The third-order valence-corrected chi connectivity index (χ3v) is 5.27. The first kappa shape index (κ1) is 20.6. The third kappa shape index (κ3) is 6.15. The molecule has 3 aromatic rings. The maximum Gasteiger partial charge on any atom is 0.315 e. The summed E-state index contributed by atoms with van der Waals surface area (Å²) in [4.78, 5) is 22.4. The molecule has 2 heterocycles. The van der Waals surface area contributed by atoms with Gasteiger partial charge in [-0.1, -0.05) is 65.8 Å². The van der Waals surface area contributed by atoms with Gasteiger partial charge in [0.05, 0.1) is 11.8 Å². The highest BCUT2D eigenvalue weighted by atomic mass is 16.6. The molecule has 2 amide bonds. The van der Waals surface area contributed by atoms with Gasteiger partial charge in [-0.15, -0.1) is 0 Å². The van der Waals surface area contributed by atoms with E-state index in [0.717, 1.165) is 23.3 Å². The first-order chi connectivity index (χ1) is 15.3. The van der Waals surface area contributed by atoms with E-state index in [2.05, 4.69) is 45.0 Å². The van der Waals surface area contributed by atoms with Gasteiger partial charge in [-0.2, -0.15) is 0 Å². The number of urea groups is 1. The van der Waals surface area contributed by atoms with Crippen molar-refractivity contribution in [1.82, 2.24) is 15.6 Å². The highest BCUT2D eigenvalue weighted by Crippen LogP contribution is 2.20. The zero-order valence-corrected chi connectivity index (χ0v) is 17.3. The first-order valence-corrected chi connectivity index (χ1v) is 10.5. The Balaban J connectivity index is 1.38. The minimum Gasteiger partial charge on any atom is -0.390 e. The van der Waals surface area contributed by atoms with Crippen molar-refractivity contribution in [1.29, 1.82) is 0 Å². The number of carbonyl (C=O) groups is 1. The fourth-order valence-corrected chi connectivity index (χ4v) is 3.65. The topological polar surface area (TPSA) is 75.6 Å². The first-order valence-electron chi connectivity index (χ1n) is 10.5. The predicted octanol–water partition coefficient (Wildman–Crippen LogP) is 3.88. The Morgan fingerprint density at radius 2 is 1.61 bits per heavy atom. The van der Waals surface area contributed by atoms with E-state index in [-0.39, 0.29) is 18.2 Å². The maximum absolute atomic E-state index is 12.6. The second-order valence-corrected chi connectivity index (χ2v) is 7.65. The Hall–Kier alpha value is -3.67. The molecule has 158 valence electrons. The minimum absolute atomic E-state index is 0.197. The summed E-state index contributed by atoms with van der Waals surface area (Å²) in [5.41, 5.74) is 4.33. The molecule has 2 atom stereocenters. The van der Waals surface area contributed by atoms with E-state index in [1.807, 2.05) is 48.5 Å². The van der Waals surface area contributed by atoms with E-state index in [4.69, 9.17) is 4.84 Å². The van der Waals surface area contributed by atoms with Gasteiger partial charge in [-0.3, -0.25) is 4.98 Å². The number of hydrogen-bond acceptors (Lipinski definition) is 4. The van der Waals surface area contributed by atoms with Gasteiger partial charge in [0.1, 0.15) is 0 Å². The number of pyridine rings is 1. The Morgan fingerprint density at radius 3 is 2.32 bits per heavy atom. The van der Waals surface area contributed by atoms with E-state index in [1.54, 1.807) is 12.4 Å². The van der Waals surface area contributed by atoms with Crippen LogP contribution < -0.4 is 10.6 Å². The molecular weight excluding hydrogens is 388 g/mol. The number of aromatic nitrogens is 1. The van der Waals surface area contributed by atoms with Crippen molar-refractivity contribution in [3.8, 4) is 0 Å². The molecule has 4 rings (SSSR count). The molecule has 6 nitrogen and oxygen atoms in total. The lowest BCUT2D eigenvalue weighted by molar-refractivity contribution is 0.0578. The standard InChI is InChI=1S/C25H26N4O2/c30-25(27-18-21-11-13-26-14-12-21)28-23(16-20-9-5-2-6-10-20)24-17-22(29-31-24)15-19-7-3-1-4-8-19/h1-14,23-24H,15-18H2,(H2,27,28,30). The summed E-state index contributed by atoms with van der Waals surface area (Å²) in [6.45, 7) is 0.438. The molecular formula is C25H26N4O2. The van der Waals surface area contributed by atoms with Gasteiger partial charge in [-0.05, 0) is 35.2 Å². The Morgan fingerprint density at radius 1 is 0.935 bits per heavy atom. The molecule has 1 aliphatic rings. The van der Waals surface area contributed by atoms with Crippen LogP contribution in [0.3, 0.4) is 0 Å². The molecule has 2 aromatic carbocycles. The summed E-state index contributed by atoms with van der Waals surface area (Å²) in [5, 5.41) is 10.3. The largest absolute Gasteiger partial charge is 0.390 e. The quantitative estimate of drug-likeness (QED) is 0.587. The molecule has 0 saturated heterocycles. The summed E-state index contributed by atoms with van der Waals surface area (Å²) in [7, 11) is 0. The zero-order valence-electron chi connectivity index (χ0n) is 17.3. The Kier molecular flexibility index (Phi) is 6.90. The van der Waals surface area contributed by atoms with Crippen molar-refractivity contribution in [2.24, 2.45) is 5.16 Å².